The van der Waals surface area contributed by atoms with Crippen LogP contribution in [0.5, 0.6) is 0 Å². The van der Waals surface area contributed by atoms with Crippen LogP contribution in [-0.2, 0) is 12.0 Å². The Morgan fingerprint density at radius 2 is 1.71 bits per heavy atom. The number of hydrogen-bond acceptors (Lipinski definition) is 4. The lowest BCUT2D eigenvalue weighted by Crippen LogP contribution is -2.18. The van der Waals surface area contributed by atoms with Gasteiger partial charge in [-0.2, -0.15) is 5.10 Å². The van der Waals surface area contributed by atoms with Gasteiger partial charge in [-0.1, -0.05) is 63.2 Å². The first-order chi connectivity index (χ1) is 16.0. The zero-order chi connectivity index (χ0) is 24.6. The molecule has 0 unspecified atom stereocenters. The van der Waals surface area contributed by atoms with Gasteiger partial charge in [-0.25, -0.2) is 4.98 Å². The molecular formula is C27H29N5O2. The van der Waals surface area contributed by atoms with E-state index in [1.165, 1.54) is 11.6 Å². The number of aryl methyl sites for hydroxylation is 1. The van der Waals surface area contributed by atoms with Crippen molar-refractivity contribution >= 4 is 28.4 Å². The molecule has 0 aliphatic heterocycles. The Morgan fingerprint density at radius 1 is 1.03 bits per heavy atom. The molecule has 3 N–H and O–H groups in total. The lowest BCUT2D eigenvalue weighted by atomic mass is 9.87. The van der Waals surface area contributed by atoms with Gasteiger partial charge in [-0.15, -0.1) is 0 Å². The van der Waals surface area contributed by atoms with Crippen LogP contribution in [0.1, 0.15) is 64.1 Å². The number of pyridine rings is 1. The van der Waals surface area contributed by atoms with E-state index in [4.69, 9.17) is 5.73 Å². The summed E-state index contributed by atoms with van der Waals surface area (Å²) < 4.78 is 1.89. The van der Waals surface area contributed by atoms with Crippen molar-refractivity contribution in [3.63, 3.8) is 0 Å². The van der Waals surface area contributed by atoms with Crippen molar-refractivity contribution < 1.29 is 9.59 Å². The van der Waals surface area contributed by atoms with Crippen LogP contribution in [0.3, 0.4) is 0 Å². The van der Waals surface area contributed by atoms with Gasteiger partial charge in [0.15, 0.2) is 0 Å². The van der Waals surface area contributed by atoms with Gasteiger partial charge in [0.1, 0.15) is 5.69 Å². The van der Waals surface area contributed by atoms with E-state index in [2.05, 4.69) is 60.4 Å². The molecular weight excluding hydrogens is 426 g/mol. The van der Waals surface area contributed by atoms with Crippen molar-refractivity contribution in [2.45, 2.75) is 46.6 Å². The average molecular weight is 456 g/mol. The Kier molecular flexibility index (Phi) is 5.96. The average Bonchev–Trinajstić information content (AvgIpc) is 3.05. The third kappa shape index (κ3) is 4.55. The monoisotopic (exact) mass is 455 g/mol. The first-order valence-corrected chi connectivity index (χ1v) is 11.2. The Hall–Kier alpha value is -4.00. The highest BCUT2D eigenvalue weighted by molar-refractivity contribution is 6.14. The molecule has 2 heterocycles. The van der Waals surface area contributed by atoms with Crippen LogP contribution in [0.15, 0.2) is 54.6 Å². The van der Waals surface area contributed by atoms with E-state index < -0.39 is 5.91 Å². The van der Waals surface area contributed by atoms with Crippen LogP contribution in [0.25, 0.3) is 10.9 Å². The van der Waals surface area contributed by atoms with E-state index in [-0.39, 0.29) is 17.0 Å². The number of hydrogen-bond donors (Lipinski definition) is 2. The number of nitrogens with one attached hydrogen (secondary N) is 1. The van der Waals surface area contributed by atoms with Gasteiger partial charge < -0.3 is 11.1 Å². The fourth-order valence-corrected chi connectivity index (χ4v) is 3.99. The Labute approximate surface area is 199 Å². The van der Waals surface area contributed by atoms with Gasteiger partial charge in [0.05, 0.1) is 34.7 Å². The second kappa shape index (κ2) is 8.74. The molecule has 0 saturated heterocycles. The minimum atomic E-state index is -0.683. The molecule has 0 aliphatic carbocycles. The molecule has 0 radical (unpaired) electrons. The highest BCUT2D eigenvalue weighted by Crippen LogP contribution is 2.25. The van der Waals surface area contributed by atoms with Gasteiger partial charge in [0.25, 0.3) is 11.8 Å². The fraction of sp³-hybridized carbons (Fsp3) is 0.259. The van der Waals surface area contributed by atoms with Gasteiger partial charge in [0.2, 0.25) is 0 Å². The summed E-state index contributed by atoms with van der Waals surface area (Å²) in [5.74, 6) is -1.03. The molecule has 2 aromatic carbocycles. The smallest absolute Gasteiger partial charge is 0.267 e. The molecule has 4 rings (SSSR count). The third-order valence-corrected chi connectivity index (χ3v) is 5.99. The summed E-state index contributed by atoms with van der Waals surface area (Å²) >= 11 is 0. The predicted molar refractivity (Wildman–Crippen MR) is 134 cm³/mol. The number of para-hydroxylation sites is 1. The van der Waals surface area contributed by atoms with E-state index in [1.807, 2.05) is 24.6 Å². The summed E-state index contributed by atoms with van der Waals surface area (Å²) in [5.41, 5.74) is 11.1. The molecule has 7 heteroatoms. The van der Waals surface area contributed by atoms with Crippen molar-refractivity contribution in [2.24, 2.45) is 5.73 Å². The number of rotatable bonds is 5. The number of anilines is 1. The third-order valence-electron chi connectivity index (χ3n) is 5.99. The second-order valence-electron chi connectivity index (χ2n) is 9.54. The maximum Gasteiger partial charge on any atom is 0.267 e. The molecule has 34 heavy (non-hydrogen) atoms. The number of primary amides is 1. The highest BCUT2D eigenvalue weighted by Gasteiger charge is 2.19. The quantitative estimate of drug-likeness (QED) is 0.453. The summed E-state index contributed by atoms with van der Waals surface area (Å²) in [7, 11) is 0. The van der Waals surface area contributed by atoms with Crippen LogP contribution >= 0.6 is 0 Å². The molecule has 174 valence electrons. The first kappa shape index (κ1) is 23.2. The zero-order valence-electron chi connectivity index (χ0n) is 20.1. The molecule has 0 atom stereocenters. The van der Waals surface area contributed by atoms with Crippen molar-refractivity contribution in [3.8, 4) is 0 Å². The Bertz CT molecular complexity index is 1400. The lowest BCUT2D eigenvalue weighted by molar-refractivity contribution is 0.0996. The summed E-state index contributed by atoms with van der Waals surface area (Å²) in [6.07, 6.45) is 0. The molecule has 0 saturated carbocycles. The summed E-state index contributed by atoms with van der Waals surface area (Å²) in [5, 5.41) is 8.28. The lowest BCUT2D eigenvalue weighted by Gasteiger charge is -2.19. The molecule has 2 aromatic heterocycles. The number of carbonyl (C=O) groups is 2. The summed E-state index contributed by atoms with van der Waals surface area (Å²) in [6, 6.07) is 17.1. The second-order valence-corrected chi connectivity index (χ2v) is 9.54. The highest BCUT2D eigenvalue weighted by atomic mass is 16.2. The number of nitrogens with zero attached hydrogens (tertiary/aromatic N) is 3. The molecule has 4 aromatic rings. The fourth-order valence-electron chi connectivity index (χ4n) is 3.99. The maximum atomic E-state index is 13.3. The van der Waals surface area contributed by atoms with Gasteiger partial charge >= 0.3 is 0 Å². The molecule has 0 aliphatic rings. The number of aromatic nitrogens is 3. The van der Waals surface area contributed by atoms with Crippen molar-refractivity contribution in [3.05, 3.63) is 88.4 Å². The number of benzene rings is 2. The number of amides is 2. The first-order valence-electron chi connectivity index (χ1n) is 11.2. The molecule has 0 bridgehead atoms. The van der Waals surface area contributed by atoms with E-state index >= 15 is 0 Å². The van der Waals surface area contributed by atoms with Crippen LogP contribution in [0, 0.1) is 13.8 Å². The molecule has 7 nitrogen and oxygen atoms in total. The van der Waals surface area contributed by atoms with Crippen molar-refractivity contribution in [1.82, 2.24) is 14.8 Å². The minimum absolute atomic E-state index is 0.0479. The number of nitrogens with two attached hydrogens (primary N) is 1. The molecule has 0 fully saturated rings. The standard InChI is InChI=1S/C27H29N5O2/c1-16-24(17(2)32(31-16)15-18-10-12-19(13-11-18)27(3,4)5)30-26(34)21-14-23(25(28)33)29-22-9-7-6-8-20(21)22/h6-14H,15H2,1-5H3,(H2,28,33)(H,30,34). The normalized spacial score (nSPS) is 11.6. The van der Waals surface area contributed by atoms with Crippen LogP contribution in [-0.4, -0.2) is 26.6 Å². The topological polar surface area (TPSA) is 103 Å². The van der Waals surface area contributed by atoms with E-state index in [1.54, 1.807) is 18.2 Å². The van der Waals surface area contributed by atoms with Crippen LogP contribution in [0.4, 0.5) is 5.69 Å². The van der Waals surface area contributed by atoms with Gasteiger partial charge in [-0.3, -0.25) is 14.3 Å². The summed E-state index contributed by atoms with van der Waals surface area (Å²) in [4.78, 5) is 29.3. The predicted octanol–water partition coefficient (Wildman–Crippen LogP) is 4.75. The van der Waals surface area contributed by atoms with Gasteiger partial charge in [-0.05, 0) is 42.5 Å². The zero-order valence-corrected chi connectivity index (χ0v) is 20.1. The SMILES string of the molecule is Cc1nn(Cc2ccc(C(C)(C)C)cc2)c(C)c1NC(=O)c1cc(C(N)=O)nc2ccccc12. The number of carbonyl (C=O) groups excluding carboxylic acids is 2. The Morgan fingerprint density at radius 3 is 2.35 bits per heavy atom. The maximum absolute atomic E-state index is 13.3. The van der Waals surface area contributed by atoms with Crippen LogP contribution < -0.4 is 11.1 Å². The Balaban J connectivity index is 1.62. The van der Waals surface area contributed by atoms with E-state index in [0.29, 0.717) is 34.4 Å². The van der Waals surface area contributed by atoms with Gasteiger partial charge in [0, 0.05) is 5.39 Å². The summed E-state index contributed by atoms with van der Waals surface area (Å²) in [6.45, 7) is 11.0. The minimum Gasteiger partial charge on any atom is -0.364 e. The largest absolute Gasteiger partial charge is 0.364 e. The number of fused-ring (bicyclic) bond motifs is 1. The van der Waals surface area contributed by atoms with E-state index in [9.17, 15) is 9.59 Å². The van der Waals surface area contributed by atoms with Crippen molar-refractivity contribution in [2.75, 3.05) is 5.32 Å². The van der Waals surface area contributed by atoms with Crippen LogP contribution in [0.2, 0.25) is 0 Å². The molecule has 0 spiro atoms. The van der Waals surface area contributed by atoms with E-state index in [0.717, 1.165) is 11.3 Å². The van der Waals surface area contributed by atoms with Crippen molar-refractivity contribution in [1.29, 1.82) is 0 Å². The molecule has 2 amide bonds.